The summed E-state index contributed by atoms with van der Waals surface area (Å²) < 4.78 is 18.2. The lowest BCUT2D eigenvalue weighted by atomic mass is 9.51. The predicted octanol–water partition coefficient (Wildman–Crippen LogP) is 5.05. The highest BCUT2D eigenvalue weighted by Crippen LogP contribution is 2.57. The molecule has 4 nitrogen and oxygen atoms in total. The lowest BCUT2D eigenvalue weighted by molar-refractivity contribution is -0.235. The maximum atomic E-state index is 13.4. The number of carbonyl (C=O) groups is 1. The Hall–Kier alpha value is -2.17. The summed E-state index contributed by atoms with van der Waals surface area (Å²) in [5, 5.41) is 0. The first-order valence-electron chi connectivity index (χ1n) is 11.2. The Morgan fingerprint density at radius 1 is 1.00 bits per heavy atom. The van der Waals surface area contributed by atoms with Gasteiger partial charge >= 0.3 is 0 Å². The molecule has 0 bridgehead atoms. The maximum Gasteiger partial charge on any atom is 0.171 e. The van der Waals surface area contributed by atoms with Gasteiger partial charge in [0.2, 0.25) is 0 Å². The molecule has 30 heavy (non-hydrogen) atoms. The smallest absolute Gasteiger partial charge is 0.171 e. The molecule has 0 aromatic heterocycles. The van der Waals surface area contributed by atoms with Crippen LogP contribution in [0.2, 0.25) is 0 Å². The molecule has 3 aliphatic rings. The highest BCUT2D eigenvalue weighted by molar-refractivity contribution is 5.91. The Labute approximate surface area is 178 Å². The number of carbonyl (C=O) groups excluding carboxylic acids is 1. The van der Waals surface area contributed by atoms with Gasteiger partial charge in [0.15, 0.2) is 5.79 Å². The molecule has 0 unspecified atom stereocenters. The molecule has 1 heterocycles. The van der Waals surface area contributed by atoms with E-state index in [0.29, 0.717) is 32.0 Å². The molecule has 1 saturated heterocycles. The lowest BCUT2D eigenvalue weighted by Crippen LogP contribution is -2.59. The minimum atomic E-state index is -0.496. The Balaban J connectivity index is 1.40. The summed E-state index contributed by atoms with van der Waals surface area (Å²) in [5.74, 6) is 1.18. The van der Waals surface area contributed by atoms with E-state index in [1.54, 1.807) is 0 Å². The molecule has 5 rings (SSSR count). The molecule has 2 aromatic carbocycles. The molecule has 0 radical (unpaired) electrons. The second-order valence-corrected chi connectivity index (χ2v) is 8.99. The van der Waals surface area contributed by atoms with E-state index in [-0.39, 0.29) is 11.8 Å². The van der Waals surface area contributed by atoms with Crippen molar-refractivity contribution in [2.75, 3.05) is 13.2 Å². The Bertz CT molecular complexity index is 885. The quantitative estimate of drug-likeness (QED) is 0.713. The summed E-state index contributed by atoms with van der Waals surface area (Å²) in [6.07, 6.45) is 4.26. The van der Waals surface area contributed by atoms with E-state index in [1.807, 2.05) is 30.3 Å². The lowest BCUT2D eigenvalue weighted by Gasteiger charge is -2.54. The van der Waals surface area contributed by atoms with Gasteiger partial charge in [-0.2, -0.15) is 0 Å². The second kappa shape index (κ2) is 7.82. The van der Waals surface area contributed by atoms with Crippen LogP contribution in [0.15, 0.2) is 54.6 Å². The Kier molecular flexibility index (Phi) is 5.16. The SMILES string of the molecule is C[C@H]1[C@@H]2CCCC(=O)[C@@]2(c2ccc(OCc3ccccc3)cc2)CCC12OCCO2. The van der Waals surface area contributed by atoms with E-state index in [2.05, 4.69) is 31.2 Å². The number of hydrogen-bond donors (Lipinski definition) is 0. The molecule has 0 amide bonds. The number of benzene rings is 2. The number of ether oxygens (including phenoxy) is 3. The standard InChI is InChI=1S/C26H30O4/c1-19-23-8-5-9-24(27)25(23,14-15-26(19)29-16-17-30-26)21-10-12-22(13-11-21)28-18-20-6-3-2-4-7-20/h2-4,6-7,10-13,19,23H,5,8-9,14-18H2,1H3/t19-,23-,25+/m0/s1. The van der Waals surface area contributed by atoms with Gasteiger partial charge < -0.3 is 14.2 Å². The topological polar surface area (TPSA) is 44.8 Å². The van der Waals surface area contributed by atoms with Crippen molar-refractivity contribution >= 4 is 5.78 Å². The Morgan fingerprint density at radius 3 is 2.47 bits per heavy atom. The van der Waals surface area contributed by atoms with Crippen LogP contribution in [0.5, 0.6) is 5.75 Å². The third-order valence-corrected chi connectivity index (χ3v) is 7.61. The van der Waals surface area contributed by atoms with E-state index >= 15 is 0 Å². The van der Waals surface area contributed by atoms with Crippen molar-refractivity contribution in [1.29, 1.82) is 0 Å². The predicted molar refractivity (Wildman–Crippen MR) is 114 cm³/mol. The molecule has 0 N–H and O–H groups in total. The van der Waals surface area contributed by atoms with Gasteiger partial charge in [0.25, 0.3) is 0 Å². The zero-order valence-corrected chi connectivity index (χ0v) is 17.6. The number of rotatable bonds is 4. The first-order chi connectivity index (χ1) is 14.6. The van der Waals surface area contributed by atoms with E-state index < -0.39 is 11.2 Å². The van der Waals surface area contributed by atoms with Gasteiger partial charge in [-0.25, -0.2) is 0 Å². The molecule has 2 aliphatic carbocycles. The third kappa shape index (κ3) is 3.17. The normalized spacial score (nSPS) is 30.2. The molecule has 2 saturated carbocycles. The van der Waals surface area contributed by atoms with E-state index in [1.165, 1.54) is 0 Å². The number of fused-ring (bicyclic) bond motifs is 1. The van der Waals surface area contributed by atoms with Crippen LogP contribution in [0.3, 0.4) is 0 Å². The second-order valence-electron chi connectivity index (χ2n) is 8.99. The van der Waals surface area contributed by atoms with Crippen LogP contribution >= 0.6 is 0 Å². The first-order valence-corrected chi connectivity index (χ1v) is 11.2. The largest absolute Gasteiger partial charge is 0.489 e. The van der Waals surface area contributed by atoms with Crippen LogP contribution in [-0.4, -0.2) is 24.8 Å². The van der Waals surface area contributed by atoms with Gasteiger partial charge in [0.05, 0.1) is 18.6 Å². The molecule has 1 aliphatic heterocycles. The fraction of sp³-hybridized carbons (Fsp3) is 0.500. The molecular weight excluding hydrogens is 376 g/mol. The fourth-order valence-corrected chi connectivity index (χ4v) is 6.05. The van der Waals surface area contributed by atoms with Gasteiger partial charge in [0, 0.05) is 18.8 Å². The van der Waals surface area contributed by atoms with Crippen molar-refractivity contribution in [3.8, 4) is 5.75 Å². The molecule has 1 spiro atoms. The van der Waals surface area contributed by atoms with Crippen molar-refractivity contribution in [2.45, 2.75) is 56.8 Å². The van der Waals surface area contributed by atoms with Gasteiger partial charge in [-0.1, -0.05) is 49.4 Å². The van der Waals surface area contributed by atoms with Crippen molar-refractivity contribution in [1.82, 2.24) is 0 Å². The number of ketones is 1. The summed E-state index contributed by atoms with van der Waals surface area (Å²) in [5.41, 5.74) is 1.85. The zero-order valence-electron chi connectivity index (χ0n) is 17.6. The van der Waals surface area contributed by atoms with Crippen LogP contribution in [0.25, 0.3) is 0 Å². The van der Waals surface area contributed by atoms with Gasteiger partial charge in [-0.3, -0.25) is 4.79 Å². The van der Waals surface area contributed by atoms with E-state index in [9.17, 15) is 4.79 Å². The van der Waals surface area contributed by atoms with E-state index in [0.717, 1.165) is 42.6 Å². The van der Waals surface area contributed by atoms with Gasteiger partial charge in [0.1, 0.15) is 18.1 Å². The average molecular weight is 407 g/mol. The molecule has 158 valence electrons. The fourth-order valence-electron chi connectivity index (χ4n) is 6.05. The third-order valence-electron chi connectivity index (χ3n) is 7.61. The molecule has 3 fully saturated rings. The molecule has 4 heteroatoms. The monoisotopic (exact) mass is 406 g/mol. The zero-order chi connectivity index (χ0) is 20.6. The highest BCUT2D eigenvalue weighted by atomic mass is 16.7. The summed E-state index contributed by atoms with van der Waals surface area (Å²) in [6, 6.07) is 18.4. The summed E-state index contributed by atoms with van der Waals surface area (Å²) >= 11 is 0. The van der Waals surface area contributed by atoms with E-state index in [4.69, 9.17) is 14.2 Å². The summed E-state index contributed by atoms with van der Waals surface area (Å²) in [7, 11) is 0. The number of hydrogen-bond acceptors (Lipinski definition) is 4. The van der Waals surface area contributed by atoms with Crippen molar-refractivity contribution in [2.24, 2.45) is 11.8 Å². The summed E-state index contributed by atoms with van der Waals surface area (Å²) in [4.78, 5) is 13.4. The van der Waals surface area contributed by atoms with Gasteiger partial charge in [-0.05, 0) is 48.4 Å². The molecule has 3 atom stereocenters. The van der Waals surface area contributed by atoms with Crippen LogP contribution in [0.1, 0.15) is 50.2 Å². The molecule has 2 aromatic rings. The molecular formula is C26H30O4. The first kappa shape index (κ1) is 19.8. The van der Waals surface area contributed by atoms with Crippen LogP contribution < -0.4 is 4.74 Å². The number of Topliss-reactive ketones (excluding diaryl/α,β-unsaturated/α-hetero) is 1. The van der Waals surface area contributed by atoms with Crippen LogP contribution in [0, 0.1) is 11.8 Å². The summed E-state index contributed by atoms with van der Waals surface area (Å²) in [6.45, 7) is 4.08. The van der Waals surface area contributed by atoms with Crippen LogP contribution in [-0.2, 0) is 26.3 Å². The van der Waals surface area contributed by atoms with Crippen molar-refractivity contribution < 1.29 is 19.0 Å². The minimum Gasteiger partial charge on any atom is -0.489 e. The van der Waals surface area contributed by atoms with Crippen molar-refractivity contribution in [3.63, 3.8) is 0 Å². The maximum absolute atomic E-state index is 13.4. The minimum absolute atomic E-state index is 0.201. The highest BCUT2D eigenvalue weighted by Gasteiger charge is 2.60. The average Bonchev–Trinajstić information content (AvgIpc) is 3.27. The van der Waals surface area contributed by atoms with Crippen LogP contribution in [0.4, 0.5) is 0 Å². The van der Waals surface area contributed by atoms with Gasteiger partial charge in [-0.15, -0.1) is 0 Å². The Morgan fingerprint density at radius 2 is 1.73 bits per heavy atom. The van der Waals surface area contributed by atoms with Crippen molar-refractivity contribution in [3.05, 3.63) is 65.7 Å².